The first-order valence-corrected chi connectivity index (χ1v) is 17.3. The van der Waals surface area contributed by atoms with Crippen molar-refractivity contribution in [3.63, 3.8) is 0 Å². The van der Waals surface area contributed by atoms with Gasteiger partial charge in [-0.05, 0) is 70.6 Å². The minimum Gasteiger partial charge on any atom is -0.394 e. The zero-order valence-electron chi connectivity index (χ0n) is 26.9. The van der Waals surface area contributed by atoms with E-state index in [4.69, 9.17) is 0 Å². The van der Waals surface area contributed by atoms with Crippen molar-refractivity contribution in [3.05, 3.63) is 36.5 Å². The van der Waals surface area contributed by atoms with Gasteiger partial charge in [0.2, 0.25) is 5.91 Å². The molecule has 0 saturated heterocycles. The number of nitrogens with one attached hydrogen (secondary N) is 1. The fraction of sp³-hybridized carbons (Fsp3) is 0.806. The van der Waals surface area contributed by atoms with Crippen LogP contribution in [0.5, 0.6) is 0 Å². The minimum absolute atomic E-state index is 0.197. The van der Waals surface area contributed by atoms with Gasteiger partial charge >= 0.3 is 0 Å². The summed E-state index contributed by atoms with van der Waals surface area (Å²) in [6.45, 7) is 4.08. The minimum atomic E-state index is -1.17. The van der Waals surface area contributed by atoms with Crippen molar-refractivity contribution in [2.75, 3.05) is 6.61 Å². The Balaban J connectivity index is 3.81. The van der Waals surface area contributed by atoms with Gasteiger partial charge in [0.15, 0.2) is 0 Å². The van der Waals surface area contributed by atoms with Gasteiger partial charge in [0.1, 0.15) is 6.10 Å². The van der Waals surface area contributed by atoms with Crippen LogP contribution >= 0.6 is 0 Å². The highest BCUT2D eigenvalue weighted by molar-refractivity contribution is 5.76. The van der Waals surface area contributed by atoms with Gasteiger partial charge in [-0.1, -0.05) is 121 Å². The van der Waals surface area contributed by atoms with Crippen molar-refractivity contribution in [1.82, 2.24) is 5.32 Å². The number of carbonyl (C=O) groups excluding carboxylic acids is 1. The normalized spacial score (nSPS) is 14.4. The van der Waals surface area contributed by atoms with E-state index in [0.29, 0.717) is 12.8 Å². The molecule has 0 fully saturated rings. The van der Waals surface area contributed by atoms with Crippen LogP contribution in [0.1, 0.15) is 162 Å². The molecule has 0 aromatic carbocycles. The molecule has 0 bridgehead atoms. The first-order valence-electron chi connectivity index (χ1n) is 17.3. The molecule has 0 heterocycles. The van der Waals surface area contributed by atoms with E-state index in [0.717, 1.165) is 44.9 Å². The van der Waals surface area contributed by atoms with Crippen LogP contribution in [0.2, 0.25) is 0 Å². The fourth-order valence-electron chi connectivity index (χ4n) is 4.94. The lowest BCUT2D eigenvalue weighted by Gasteiger charge is -2.26. The van der Waals surface area contributed by atoms with E-state index in [2.05, 4.69) is 55.6 Å². The summed E-state index contributed by atoms with van der Waals surface area (Å²) in [5, 5.41) is 33.1. The van der Waals surface area contributed by atoms with Gasteiger partial charge in [0.05, 0.1) is 18.8 Å². The Hall–Kier alpha value is -1.43. The first kappa shape index (κ1) is 39.6. The van der Waals surface area contributed by atoms with Crippen molar-refractivity contribution in [2.24, 2.45) is 0 Å². The maximum absolute atomic E-state index is 12.2. The van der Waals surface area contributed by atoms with E-state index in [1.54, 1.807) is 0 Å². The van der Waals surface area contributed by atoms with Gasteiger partial charge in [-0.2, -0.15) is 0 Å². The molecule has 1 amide bonds. The van der Waals surface area contributed by atoms with E-state index in [9.17, 15) is 20.1 Å². The molecule has 0 aliphatic carbocycles. The molecule has 0 aromatic rings. The number of amides is 1. The molecule has 240 valence electrons. The standard InChI is InChI=1S/C36H67NO4/c1-3-5-7-9-11-13-14-15-16-17-18-19-20-21-23-24-26-28-30-34(39)36(41)33(32-38)37-35(40)31-29-27-25-22-12-10-8-6-4-2/h18-19,22-25,33-34,36,38-39,41H,3-17,20-21,26-32H2,1-2H3,(H,37,40)/b19-18+,24-23+,25-22-. The van der Waals surface area contributed by atoms with Gasteiger partial charge in [-0.25, -0.2) is 0 Å². The highest BCUT2D eigenvalue weighted by Gasteiger charge is 2.26. The molecule has 0 aliphatic rings. The number of allylic oxidation sites excluding steroid dienone is 6. The molecule has 4 N–H and O–H groups in total. The predicted molar refractivity (Wildman–Crippen MR) is 176 cm³/mol. The Bertz CT molecular complexity index is 645. The molecule has 0 saturated carbocycles. The smallest absolute Gasteiger partial charge is 0.220 e. The second-order valence-corrected chi connectivity index (χ2v) is 11.7. The Labute approximate surface area is 254 Å². The molecule has 3 unspecified atom stereocenters. The Kier molecular flexibility index (Phi) is 30.4. The van der Waals surface area contributed by atoms with Crippen LogP contribution in [0.4, 0.5) is 0 Å². The second-order valence-electron chi connectivity index (χ2n) is 11.7. The number of hydrogen-bond acceptors (Lipinski definition) is 4. The highest BCUT2D eigenvalue weighted by Crippen LogP contribution is 2.12. The quantitative estimate of drug-likeness (QED) is 0.0507. The van der Waals surface area contributed by atoms with Crippen LogP contribution in [-0.4, -0.2) is 46.1 Å². The van der Waals surface area contributed by atoms with Crippen molar-refractivity contribution in [1.29, 1.82) is 0 Å². The Morgan fingerprint density at radius 1 is 0.585 bits per heavy atom. The number of hydrogen-bond donors (Lipinski definition) is 4. The van der Waals surface area contributed by atoms with Crippen LogP contribution in [0, 0.1) is 0 Å². The van der Waals surface area contributed by atoms with Crippen molar-refractivity contribution in [3.8, 4) is 0 Å². The van der Waals surface area contributed by atoms with E-state index in [1.807, 2.05) is 0 Å². The summed E-state index contributed by atoms with van der Waals surface area (Å²) < 4.78 is 0. The van der Waals surface area contributed by atoms with Gasteiger partial charge in [0, 0.05) is 6.42 Å². The summed E-state index contributed by atoms with van der Waals surface area (Å²) >= 11 is 0. The third kappa shape index (κ3) is 27.2. The van der Waals surface area contributed by atoms with Gasteiger partial charge in [-0.3, -0.25) is 4.79 Å². The highest BCUT2D eigenvalue weighted by atomic mass is 16.3. The summed E-state index contributed by atoms with van der Waals surface area (Å²) in [7, 11) is 0. The number of aliphatic hydroxyl groups is 3. The SMILES string of the molecule is CCCCCC/C=C\CCCC(=O)NC(CO)C(O)C(O)CCC/C=C/CC/C=C/CCCCCCCCCCC. The van der Waals surface area contributed by atoms with Gasteiger partial charge in [0.25, 0.3) is 0 Å². The van der Waals surface area contributed by atoms with Crippen LogP contribution in [0.3, 0.4) is 0 Å². The fourth-order valence-corrected chi connectivity index (χ4v) is 4.94. The summed E-state index contributed by atoms with van der Waals surface area (Å²) in [4.78, 5) is 12.2. The predicted octanol–water partition coefficient (Wildman–Crippen LogP) is 8.87. The number of aliphatic hydroxyl groups excluding tert-OH is 3. The number of carbonyl (C=O) groups is 1. The summed E-state index contributed by atoms with van der Waals surface area (Å²) in [6, 6.07) is -0.843. The topological polar surface area (TPSA) is 89.8 Å². The molecule has 0 radical (unpaired) electrons. The molecule has 0 spiro atoms. The van der Waals surface area contributed by atoms with E-state index < -0.39 is 24.9 Å². The van der Waals surface area contributed by atoms with Crippen molar-refractivity contribution >= 4 is 5.91 Å². The molecule has 3 atom stereocenters. The molecule has 0 rings (SSSR count). The van der Waals surface area contributed by atoms with Crippen molar-refractivity contribution < 1.29 is 20.1 Å². The molecule has 41 heavy (non-hydrogen) atoms. The molecule has 5 heteroatoms. The molecule has 5 nitrogen and oxygen atoms in total. The third-order valence-electron chi connectivity index (χ3n) is 7.69. The number of rotatable bonds is 30. The Morgan fingerprint density at radius 3 is 1.51 bits per heavy atom. The summed E-state index contributed by atoms with van der Waals surface area (Å²) in [6.07, 6.45) is 36.8. The second kappa shape index (κ2) is 31.5. The lowest BCUT2D eigenvalue weighted by molar-refractivity contribution is -0.124. The van der Waals surface area contributed by atoms with Gasteiger partial charge < -0.3 is 20.6 Å². The zero-order valence-corrected chi connectivity index (χ0v) is 26.9. The maximum Gasteiger partial charge on any atom is 0.220 e. The lowest BCUT2D eigenvalue weighted by Crippen LogP contribution is -2.50. The Morgan fingerprint density at radius 2 is 1.00 bits per heavy atom. The van der Waals surface area contributed by atoms with E-state index in [1.165, 1.54) is 89.9 Å². The van der Waals surface area contributed by atoms with Gasteiger partial charge in [-0.15, -0.1) is 0 Å². The molecular formula is C36H67NO4. The van der Waals surface area contributed by atoms with Crippen LogP contribution in [0.25, 0.3) is 0 Å². The monoisotopic (exact) mass is 578 g/mol. The molecule has 0 aromatic heterocycles. The average Bonchev–Trinajstić information content (AvgIpc) is 2.97. The van der Waals surface area contributed by atoms with Crippen LogP contribution in [0.15, 0.2) is 36.5 Å². The zero-order chi connectivity index (χ0) is 30.2. The molecular weight excluding hydrogens is 510 g/mol. The summed E-state index contributed by atoms with van der Waals surface area (Å²) in [5.41, 5.74) is 0. The van der Waals surface area contributed by atoms with Crippen molar-refractivity contribution in [2.45, 2.75) is 180 Å². The van der Waals surface area contributed by atoms with Crippen LogP contribution in [-0.2, 0) is 4.79 Å². The van der Waals surface area contributed by atoms with E-state index >= 15 is 0 Å². The third-order valence-corrected chi connectivity index (χ3v) is 7.69. The largest absolute Gasteiger partial charge is 0.394 e. The first-order chi connectivity index (χ1) is 20.1. The van der Waals surface area contributed by atoms with Crippen LogP contribution < -0.4 is 5.32 Å². The maximum atomic E-state index is 12.2. The summed E-state index contributed by atoms with van der Waals surface area (Å²) in [5.74, 6) is -0.197. The molecule has 0 aliphatic heterocycles. The van der Waals surface area contributed by atoms with E-state index in [-0.39, 0.29) is 5.91 Å². The average molecular weight is 578 g/mol. The lowest BCUT2D eigenvalue weighted by atomic mass is 10.0. The number of unbranched alkanes of at least 4 members (excludes halogenated alkanes) is 16.